The van der Waals surface area contributed by atoms with Gasteiger partial charge in [-0.15, -0.1) is 0 Å². The normalized spacial score (nSPS) is 26.9. The number of carbonyl (C=O) groups excluding carboxylic acids is 1. The van der Waals surface area contributed by atoms with Gasteiger partial charge >= 0.3 is 0 Å². The number of likely N-dealkylation sites (tertiary alicyclic amines) is 1. The fourth-order valence-corrected chi connectivity index (χ4v) is 4.96. The Morgan fingerprint density at radius 1 is 1.41 bits per heavy atom. The molecule has 2 aromatic rings. The zero-order valence-electron chi connectivity index (χ0n) is 15.3. The minimum absolute atomic E-state index is 0.110. The largest absolute Gasteiger partial charge is 0.356 e. The van der Waals surface area contributed by atoms with Crippen LogP contribution in [0.3, 0.4) is 0 Å². The van der Waals surface area contributed by atoms with Gasteiger partial charge in [-0.05, 0) is 37.7 Å². The Labute approximate surface area is 160 Å². The molecule has 0 aromatic carbocycles. The molecular formula is C17H24N6O3S. The first-order valence-electron chi connectivity index (χ1n) is 9.10. The second kappa shape index (κ2) is 7.17. The molecule has 1 amide bonds. The third kappa shape index (κ3) is 3.44. The van der Waals surface area contributed by atoms with E-state index in [1.54, 1.807) is 13.3 Å². The van der Waals surface area contributed by atoms with E-state index in [0.717, 1.165) is 29.7 Å². The number of aromatic nitrogens is 3. The van der Waals surface area contributed by atoms with Gasteiger partial charge in [0.15, 0.2) is 0 Å². The highest BCUT2D eigenvalue weighted by molar-refractivity contribution is 7.77. The molecule has 27 heavy (non-hydrogen) atoms. The van der Waals surface area contributed by atoms with Gasteiger partial charge in [-0.1, -0.05) is 0 Å². The average molecular weight is 392 g/mol. The van der Waals surface area contributed by atoms with E-state index in [2.05, 4.69) is 31.6 Å². The summed E-state index contributed by atoms with van der Waals surface area (Å²) in [7, 11) is 2.08. The number of carbonyl (C=O) groups is 1. The van der Waals surface area contributed by atoms with Crippen molar-refractivity contribution in [2.24, 2.45) is 11.8 Å². The maximum atomic E-state index is 12.5. The van der Waals surface area contributed by atoms with Gasteiger partial charge in [0.1, 0.15) is 17.8 Å². The van der Waals surface area contributed by atoms with Crippen molar-refractivity contribution in [2.45, 2.75) is 31.8 Å². The highest BCUT2D eigenvalue weighted by Gasteiger charge is 2.44. The molecule has 3 heterocycles. The number of hydrogen-bond donors (Lipinski definition) is 3. The first kappa shape index (κ1) is 18.3. The van der Waals surface area contributed by atoms with Gasteiger partial charge < -0.3 is 14.8 Å². The number of hydrogen-bond acceptors (Lipinski definition) is 5. The Morgan fingerprint density at radius 3 is 2.78 bits per heavy atom. The predicted octanol–water partition coefficient (Wildman–Crippen LogP) is 0.746. The molecule has 1 saturated carbocycles. The Morgan fingerprint density at radius 2 is 2.11 bits per heavy atom. The summed E-state index contributed by atoms with van der Waals surface area (Å²) in [5.74, 6) is 1.73. The maximum Gasteiger partial charge on any atom is 0.240 e. The fourth-order valence-electron chi connectivity index (χ4n) is 4.55. The monoisotopic (exact) mass is 392 g/mol. The van der Waals surface area contributed by atoms with Crippen LogP contribution in [0.4, 0.5) is 5.82 Å². The number of nitrogens with zero attached hydrogens (tertiary/aromatic N) is 4. The van der Waals surface area contributed by atoms with Crippen molar-refractivity contribution in [2.75, 3.05) is 25.0 Å². The molecule has 0 radical (unpaired) electrons. The maximum absolute atomic E-state index is 12.5. The van der Waals surface area contributed by atoms with Crippen molar-refractivity contribution in [1.82, 2.24) is 24.6 Å². The summed E-state index contributed by atoms with van der Waals surface area (Å²) in [4.78, 5) is 28.4. The lowest BCUT2D eigenvalue weighted by Crippen LogP contribution is -2.45. The van der Waals surface area contributed by atoms with Crippen molar-refractivity contribution in [3.63, 3.8) is 0 Å². The molecule has 2 aliphatic rings. The van der Waals surface area contributed by atoms with Crippen LogP contribution in [-0.2, 0) is 16.1 Å². The number of aromatic amines is 1. The molecule has 4 rings (SSSR count). The van der Waals surface area contributed by atoms with Gasteiger partial charge in [0.25, 0.3) is 0 Å². The quantitative estimate of drug-likeness (QED) is 0.647. The van der Waals surface area contributed by atoms with Gasteiger partial charge in [0.05, 0.1) is 11.4 Å². The first-order valence-corrected chi connectivity index (χ1v) is 10.2. The second-order valence-corrected chi connectivity index (χ2v) is 8.26. The van der Waals surface area contributed by atoms with Crippen LogP contribution in [0, 0.1) is 11.8 Å². The highest BCUT2D eigenvalue weighted by Crippen LogP contribution is 2.41. The summed E-state index contributed by atoms with van der Waals surface area (Å²) in [6, 6.07) is 1.72. The Balaban J connectivity index is 1.40. The molecule has 0 bridgehead atoms. The molecule has 1 aliphatic carbocycles. The van der Waals surface area contributed by atoms with Crippen molar-refractivity contribution in [3.8, 4) is 0 Å². The highest BCUT2D eigenvalue weighted by atomic mass is 32.2. The number of amides is 1. The molecule has 2 unspecified atom stereocenters. The van der Waals surface area contributed by atoms with E-state index in [4.69, 9.17) is 4.55 Å². The summed E-state index contributed by atoms with van der Waals surface area (Å²) >= 11 is -2.18. The van der Waals surface area contributed by atoms with Crippen LogP contribution in [0.2, 0.25) is 0 Å². The predicted molar refractivity (Wildman–Crippen MR) is 102 cm³/mol. The number of H-pyrrole nitrogens is 1. The number of fused-ring (bicyclic) bond motifs is 2. The van der Waals surface area contributed by atoms with Crippen molar-refractivity contribution >= 4 is 34.0 Å². The topological polar surface area (TPSA) is 114 Å². The van der Waals surface area contributed by atoms with Crippen molar-refractivity contribution in [3.05, 3.63) is 18.6 Å². The average Bonchev–Trinajstić information content (AvgIpc) is 3.33. The van der Waals surface area contributed by atoms with E-state index in [1.807, 2.05) is 17.2 Å². The minimum Gasteiger partial charge on any atom is -0.356 e. The molecule has 146 valence electrons. The van der Waals surface area contributed by atoms with Gasteiger partial charge in [0.2, 0.25) is 17.2 Å². The first-order chi connectivity index (χ1) is 12.9. The van der Waals surface area contributed by atoms with Crippen LogP contribution in [0.25, 0.3) is 11.0 Å². The molecule has 5 atom stereocenters. The molecule has 1 aliphatic heterocycles. The lowest BCUT2D eigenvalue weighted by atomic mass is 10.0. The van der Waals surface area contributed by atoms with Crippen LogP contribution < -0.4 is 9.62 Å². The molecule has 2 aromatic heterocycles. The Hall–Kier alpha value is -2.04. The molecular weight excluding hydrogens is 368 g/mol. The SMILES string of the molecule is C[C@@H](NS(=O)O)C(=O)N1CC2C[C@@H](N(C)c3ncnc4[nH]ccc34)C[C@@H]2C1. The molecule has 0 spiro atoms. The molecule has 10 heteroatoms. The van der Waals surface area contributed by atoms with Crippen LogP contribution in [0.15, 0.2) is 18.6 Å². The summed E-state index contributed by atoms with van der Waals surface area (Å²) < 4.78 is 22.1. The third-order valence-electron chi connectivity index (χ3n) is 5.90. The number of rotatable bonds is 5. The third-order valence-corrected chi connectivity index (χ3v) is 6.46. The van der Waals surface area contributed by atoms with E-state index in [9.17, 15) is 9.00 Å². The molecule has 2 fully saturated rings. The van der Waals surface area contributed by atoms with Crippen LogP contribution >= 0.6 is 0 Å². The van der Waals surface area contributed by atoms with Gasteiger partial charge in [-0.25, -0.2) is 18.9 Å². The Kier molecular flexibility index (Phi) is 4.87. The zero-order valence-corrected chi connectivity index (χ0v) is 16.1. The van der Waals surface area contributed by atoms with E-state index >= 15 is 0 Å². The zero-order chi connectivity index (χ0) is 19.1. The van der Waals surface area contributed by atoms with Gasteiger partial charge in [0, 0.05) is 32.4 Å². The molecule has 3 N–H and O–H groups in total. The minimum atomic E-state index is -2.18. The van der Waals surface area contributed by atoms with E-state index in [1.165, 1.54) is 0 Å². The summed E-state index contributed by atoms with van der Waals surface area (Å²) in [5, 5.41) is 1.02. The lowest BCUT2D eigenvalue weighted by Gasteiger charge is -2.28. The van der Waals surface area contributed by atoms with Crippen LogP contribution in [0.5, 0.6) is 0 Å². The lowest BCUT2D eigenvalue weighted by molar-refractivity contribution is -0.131. The van der Waals surface area contributed by atoms with Gasteiger partial charge in [-0.3, -0.25) is 9.35 Å². The molecule has 9 nitrogen and oxygen atoms in total. The van der Waals surface area contributed by atoms with Crippen molar-refractivity contribution in [1.29, 1.82) is 0 Å². The number of nitrogens with one attached hydrogen (secondary N) is 2. The van der Waals surface area contributed by atoms with E-state index in [0.29, 0.717) is 31.0 Å². The summed E-state index contributed by atoms with van der Waals surface area (Å²) in [6.45, 7) is 3.04. The number of anilines is 1. The molecule has 1 saturated heterocycles. The smallest absolute Gasteiger partial charge is 0.240 e. The van der Waals surface area contributed by atoms with Crippen LogP contribution in [0.1, 0.15) is 19.8 Å². The van der Waals surface area contributed by atoms with Crippen LogP contribution in [-0.4, -0.2) is 66.7 Å². The second-order valence-electron chi connectivity index (χ2n) is 7.53. The van der Waals surface area contributed by atoms with E-state index in [-0.39, 0.29) is 5.91 Å². The Bertz CT molecular complexity index is 859. The summed E-state index contributed by atoms with van der Waals surface area (Å²) in [6.07, 6.45) is 5.47. The van der Waals surface area contributed by atoms with E-state index < -0.39 is 17.3 Å². The summed E-state index contributed by atoms with van der Waals surface area (Å²) in [5.41, 5.74) is 0.838. The fraction of sp³-hybridized carbons (Fsp3) is 0.588. The van der Waals surface area contributed by atoms with Gasteiger partial charge in [-0.2, -0.15) is 0 Å². The van der Waals surface area contributed by atoms with Crippen molar-refractivity contribution < 1.29 is 13.6 Å². The standard InChI is InChI=1S/C17H24N6O3S/c1-10(21-27(25)26)17(24)23-7-11-5-13(6-12(11)8-23)22(2)16-14-3-4-18-15(14)19-9-20-16/h3-4,9-13,21H,5-8H2,1-2H3,(H,25,26)(H,18,19,20)/t10-,11-,12?,13+/m1/s1.